The molecule has 0 bridgehead atoms. The minimum absolute atomic E-state index is 0.130. The fourth-order valence-corrected chi connectivity index (χ4v) is 3.08. The summed E-state index contributed by atoms with van der Waals surface area (Å²) < 4.78 is 6.07. The molecule has 0 aromatic heterocycles. The van der Waals surface area contributed by atoms with Crippen LogP contribution in [0.2, 0.25) is 0 Å². The van der Waals surface area contributed by atoms with Crippen molar-refractivity contribution >= 4 is 28.0 Å². The average Bonchev–Trinajstić information content (AvgIpc) is 2.60. The Labute approximate surface area is 155 Å². The molecule has 0 radical (unpaired) electrons. The summed E-state index contributed by atoms with van der Waals surface area (Å²) in [4.78, 5) is 23.2. The van der Waals surface area contributed by atoms with Crippen molar-refractivity contribution in [2.75, 3.05) is 0 Å². The zero-order valence-corrected chi connectivity index (χ0v) is 15.5. The molecule has 2 rings (SSSR count). The fraction of sp³-hybridized carbons (Fsp3) is 0.263. The molecule has 0 saturated carbocycles. The zero-order chi connectivity index (χ0) is 18.2. The highest BCUT2D eigenvalue weighted by atomic mass is 79.9. The van der Waals surface area contributed by atoms with Crippen molar-refractivity contribution in [3.05, 3.63) is 69.7 Å². The van der Waals surface area contributed by atoms with E-state index < -0.39 is 18.1 Å². The third-order valence-electron chi connectivity index (χ3n) is 3.74. The summed E-state index contributed by atoms with van der Waals surface area (Å²) >= 11 is 3.48. The lowest BCUT2D eigenvalue weighted by molar-refractivity contribution is -0.137. The number of amides is 1. The van der Waals surface area contributed by atoms with Gasteiger partial charge in [-0.2, -0.15) is 0 Å². The predicted molar refractivity (Wildman–Crippen MR) is 98.3 cm³/mol. The van der Waals surface area contributed by atoms with Crippen molar-refractivity contribution in [2.45, 2.75) is 32.4 Å². The second-order valence-corrected chi connectivity index (χ2v) is 6.42. The van der Waals surface area contributed by atoms with Crippen LogP contribution in [0, 0.1) is 0 Å². The van der Waals surface area contributed by atoms with Crippen LogP contribution in [0.5, 0.6) is 0 Å². The Bertz CT molecular complexity index is 733. The number of benzene rings is 2. The maximum atomic E-state index is 12.1. The Balaban J connectivity index is 2.05. The molecule has 0 aliphatic carbocycles. The van der Waals surface area contributed by atoms with Crippen LogP contribution in [0.25, 0.3) is 0 Å². The highest BCUT2D eigenvalue weighted by molar-refractivity contribution is 9.10. The van der Waals surface area contributed by atoms with Gasteiger partial charge in [-0.05, 0) is 29.2 Å². The van der Waals surface area contributed by atoms with E-state index in [9.17, 15) is 9.59 Å². The van der Waals surface area contributed by atoms with Crippen molar-refractivity contribution in [3.8, 4) is 0 Å². The van der Waals surface area contributed by atoms with Crippen LogP contribution in [0.15, 0.2) is 53.0 Å². The van der Waals surface area contributed by atoms with E-state index in [1.54, 1.807) is 0 Å². The monoisotopic (exact) mass is 405 g/mol. The summed E-state index contributed by atoms with van der Waals surface area (Å²) in [5, 5.41) is 11.8. The number of carboxylic acid groups (broad SMARTS) is 1. The number of aliphatic carboxylic acids is 1. The molecule has 0 spiro atoms. The summed E-state index contributed by atoms with van der Waals surface area (Å²) in [5.74, 6) is -0.996. The number of nitrogens with one attached hydrogen (secondary N) is 1. The van der Waals surface area contributed by atoms with Crippen LogP contribution >= 0.6 is 15.9 Å². The molecule has 2 aromatic rings. The lowest BCUT2D eigenvalue weighted by Gasteiger charge is -2.18. The summed E-state index contributed by atoms with van der Waals surface area (Å²) in [7, 11) is 0. The Morgan fingerprint density at radius 1 is 1.20 bits per heavy atom. The zero-order valence-electron chi connectivity index (χ0n) is 13.9. The lowest BCUT2D eigenvalue weighted by atomic mass is 10.0. The van der Waals surface area contributed by atoms with Crippen molar-refractivity contribution in [1.82, 2.24) is 5.32 Å². The highest BCUT2D eigenvalue weighted by Gasteiger charge is 2.19. The fourth-order valence-electron chi connectivity index (χ4n) is 2.40. The van der Waals surface area contributed by atoms with E-state index in [1.807, 2.05) is 55.5 Å². The third-order valence-corrected chi connectivity index (χ3v) is 4.48. The van der Waals surface area contributed by atoms with Crippen LogP contribution < -0.4 is 5.32 Å². The van der Waals surface area contributed by atoms with E-state index in [1.165, 1.54) is 0 Å². The largest absolute Gasteiger partial charge is 0.481 e. The minimum atomic E-state index is -0.996. The van der Waals surface area contributed by atoms with Crippen LogP contribution in [-0.2, 0) is 22.6 Å². The number of carbonyl (C=O) groups is 2. The first-order chi connectivity index (χ1) is 12.0. The van der Waals surface area contributed by atoms with Gasteiger partial charge in [0.2, 0.25) is 0 Å². The number of aryl methyl sites for hydroxylation is 1. The highest BCUT2D eigenvalue weighted by Crippen LogP contribution is 2.25. The SMILES string of the molecule is CCc1ccc(C(CC(=O)O)NC(=O)OCc2ccccc2)cc1Br. The van der Waals surface area contributed by atoms with Gasteiger partial charge in [-0.3, -0.25) is 4.79 Å². The van der Waals surface area contributed by atoms with Gasteiger partial charge in [-0.1, -0.05) is 65.3 Å². The number of alkyl carbamates (subject to hydrolysis) is 1. The topological polar surface area (TPSA) is 75.6 Å². The van der Waals surface area contributed by atoms with E-state index in [0.29, 0.717) is 5.56 Å². The van der Waals surface area contributed by atoms with Crippen LogP contribution in [0.1, 0.15) is 36.1 Å². The first-order valence-electron chi connectivity index (χ1n) is 7.97. The Hall–Kier alpha value is -2.34. The molecule has 0 saturated heterocycles. The molecular weight excluding hydrogens is 386 g/mol. The van der Waals surface area contributed by atoms with Crippen molar-refractivity contribution in [1.29, 1.82) is 0 Å². The molecule has 1 amide bonds. The second-order valence-electron chi connectivity index (χ2n) is 5.56. The van der Waals surface area contributed by atoms with E-state index >= 15 is 0 Å². The standard InChI is InChI=1S/C19H20BrNO4/c1-2-14-8-9-15(10-16(14)20)17(11-18(22)23)21-19(24)25-12-13-6-4-3-5-7-13/h3-10,17H,2,11-12H2,1H3,(H,21,24)(H,22,23). The van der Waals surface area contributed by atoms with Crippen molar-refractivity contribution < 1.29 is 19.4 Å². The van der Waals surface area contributed by atoms with Gasteiger partial charge in [0.15, 0.2) is 0 Å². The molecule has 132 valence electrons. The predicted octanol–water partition coefficient (Wildman–Crippen LogP) is 4.45. The van der Waals surface area contributed by atoms with E-state index in [4.69, 9.17) is 9.84 Å². The molecule has 0 aliphatic rings. The Morgan fingerprint density at radius 2 is 1.92 bits per heavy atom. The summed E-state index contributed by atoms with van der Waals surface area (Å²) in [6.45, 7) is 2.17. The number of carbonyl (C=O) groups excluding carboxylic acids is 1. The van der Waals surface area contributed by atoms with Crippen LogP contribution in [-0.4, -0.2) is 17.2 Å². The maximum absolute atomic E-state index is 12.1. The summed E-state index contributed by atoms with van der Waals surface area (Å²) in [6, 6.07) is 14.2. The normalized spacial score (nSPS) is 11.6. The van der Waals surface area contributed by atoms with Gasteiger partial charge < -0.3 is 15.2 Å². The molecule has 2 aromatic carbocycles. The molecular formula is C19H20BrNO4. The molecule has 1 unspecified atom stereocenters. The maximum Gasteiger partial charge on any atom is 0.407 e. The van der Waals surface area contributed by atoms with Gasteiger partial charge in [0.05, 0.1) is 12.5 Å². The molecule has 0 aliphatic heterocycles. The van der Waals surface area contributed by atoms with Gasteiger partial charge in [0, 0.05) is 4.47 Å². The van der Waals surface area contributed by atoms with Crippen molar-refractivity contribution in [3.63, 3.8) is 0 Å². The number of hydrogen-bond donors (Lipinski definition) is 2. The summed E-state index contributed by atoms with van der Waals surface area (Å²) in [5.41, 5.74) is 2.69. The summed E-state index contributed by atoms with van der Waals surface area (Å²) in [6.07, 6.45) is -0.0131. The van der Waals surface area contributed by atoms with Gasteiger partial charge in [-0.25, -0.2) is 4.79 Å². The van der Waals surface area contributed by atoms with Crippen LogP contribution in [0.4, 0.5) is 4.79 Å². The second kappa shape index (κ2) is 9.22. The number of rotatable bonds is 7. The quantitative estimate of drug-likeness (QED) is 0.712. The van der Waals surface area contributed by atoms with Crippen molar-refractivity contribution in [2.24, 2.45) is 0 Å². The lowest BCUT2D eigenvalue weighted by Crippen LogP contribution is -2.30. The number of ether oxygens (including phenoxy) is 1. The van der Waals surface area contributed by atoms with Gasteiger partial charge in [-0.15, -0.1) is 0 Å². The van der Waals surface area contributed by atoms with Crippen LogP contribution in [0.3, 0.4) is 0 Å². The van der Waals surface area contributed by atoms with Gasteiger partial charge in [0.25, 0.3) is 0 Å². The molecule has 1 atom stereocenters. The molecule has 25 heavy (non-hydrogen) atoms. The number of halogens is 1. The van der Waals surface area contributed by atoms with E-state index in [0.717, 1.165) is 22.0 Å². The molecule has 2 N–H and O–H groups in total. The number of carboxylic acids is 1. The Kier molecular flexibility index (Phi) is 7.01. The molecule has 0 fully saturated rings. The number of hydrogen-bond acceptors (Lipinski definition) is 3. The average molecular weight is 406 g/mol. The Morgan fingerprint density at radius 3 is 2.52 bits per heavy atom. The van der Waals surface area contributed by atoms with Gasteiger partial charge in [0.1, 0.15) is 6.61 Å². The smallest absolute Gasteiger partial charge is 0.407 e. The molecule has 6 heteroatoms. The molecule has 5 nitrogen and oxygen atoms in total. The minimum Gasteiger partial charge on any atom is -0.481 e. The van der Waals surface area contributed by atoms with E-state index in [2.05, 4.69) is 21.2 Å². The first-order valence-corrected chi connectivity index (χ1v) is 8.76. The third kappa shape index (κ3) is 5.90. The molecule has 0 heterocycles. The first kappa shape index (κ1) is 19.0. The van der Waals surface area contributed by atoms with E-state index in [-0.39, 0.29) is 13.0 Å². The van der Waals surface area contributed by atoms with Gasteiger partial charge >= 0.3 is 12.1 Å².